The summed E-state index contributed by atoms with van der Waals surface area (Å²) in [6.07, 6.45) is 0.875. The second-order valence-corrected chi connectivity index (χ2v) is 8.78. The Morgan fingerprint density at radius 3 is 2.34 bits per heavy atom. The van der Waals surface area contributed by atoms with E-state index in [1.807, 2.05) is 47.9 Å². The number of hydrogen-bond donors (Lipinski definition) is 2. The van der Waals surface area contributed by atoms with Gasteiger partial charge in [-0.05, 0) is 30.7 Å². The molecule has 3 rings (SSSR count). The molecule has 1 atom stereocenters. The maximum atomic E-state index is 12.7. The molecule has 10 heteroatoms. The Morgan fingerprint density at radius 2 is 1.75 bits per heavy atom. The number of rotatable bonds is 5. The molecule has 2 heterocycles. The van der Waals surface area contributed by atoms with Crippen LogP contribution < -0.4 is 15.5 Å². The normalized spacial score (nSPS) is 19.1. The second kappa shape index (κ2) is 12.5. The summed E-state index contributed by atoms with van der Waals surface area (Å²) in [6.45, 7) is 8.41. The average molecular weight is 577 g/mol. The Labute approximate surface area is 212 Å². The number of nitrogens with zero attached hydrogens (tertiary/aromatic N) is 4. The molecular weight excluding hydrogens is 543 g/mol. The number of piperazine rings is 1. The minimum Gasteiger partial charge on any atom is -0.368 e. The molecule has 1 unspecified atom stereocenters. The minimum atomic E-state index is 0. The van der Waals surface area contributed by atoms with Crippen molar-refractivity contribution < 1.29 is 9.59 Å². The maximum absolute atomic E-state index is 12.7. The standard InChI is InChI=1S/C22H33ClN6O2.HI/c1-16(2)21(31)29-9-8-18(15-29)26-22(24-3)25-14-20(30)28-12-10-27(11-13-28)19-6-4-17(23)5-7-19;/h4-7,16,18H,8-15H2,1-3H3,(H2,24,25,26);1H. The molecule has 2 fully saturated rings. The van der Waals surface area contributed by atoms with Crippen molar-refractivity contribution in [2.45, 2.75) is 26.3 Å². The molecule has 2 saturated heterocycles. The lowest BCUT2D eigenvalue weighted by Crippen LogP contribution is -2.53. The summed E-state index contributed by atoms with van der Waals surface area (Å²) in [5.41, 5.74) is 1.13. The number of carbonyl (C=O) groups is 2. The highest BCUT2D eigenvalue weighted by Crippen LogP contribution is 2.19. The van der Waals surface area contributed by atoms with Gasteiger partial charge in [-0.2, -0.15) is 0 Å². The van der Waals surface area contributed by atoms with Crippen molar-refractivity contribution in [1.29, 1.82) is 0 Å². The molecule has 0 bridgehead atoms. The van der Waals surface area contributed by atoms with E-state index in [-0.39, 0.29) is 54.3 Å². The number of nitrogens with one attached hydrogen (secondary N) is 2. The fourth-order valence-corrected chi connectivity index (χ4v) is 4.09. The highest BCUT2D eigenvalue weighted by Gasteiger charge is 2.28. The monoisotopic (exact) mass is 576 g/mol. The van der Waals surface area contributed by atoms with Gasteiger partial charge in [0.25, 0.3) is 0 Å². The first-order chi connectivity index (χ1) is 14.9. The number of benzene rings is 1. The molecule has 8 nitrogen and oxygen atoms in total. The van der Waals surface area contributed by atoms with Crippen LogP contribution in [-0.4, -0.2) is 86.5 Å². The van der Waals surface area contributed by atoms with Crippen LogP contribution in [0.4, 0.5) is 5.69 Å². The number of aliphatic imine (C=N–C) groups is 1. The van der Waals surface area contributed by atoms with Crippen molar-refractivity contribution in [1.82, 2.24) is 20.4 Å². The molecule has 32 heavy (non-hydrogen) atoms. The number of anilines is 1. The summed E-state index contributed by atoms with van der Waals surface area (Å²) in [5.74, 6) is 0.841. The van der Waals surface area contributed by atoms with Crippen molar-refractivity contribution in [3.63, 3.8) is 0 Å². The van der Waals surface area contributed by atoms with Gasteiger partial charge in [0.2, 0.25) is 11.8 Å². The zero-order valence-electron chi connectivity index (χ0n) is 19.0. The zero-order chi connectivity index (χ0) is 22.4. The van der Waals surface area contributed by atoms with E-state index in [4.69, 9.17) is 11.6 Å². The number of carbonyl (C=O) groups excluding carboxylic acids is 2. The van der Waals surface area contributed by atoms with Gasteiger partial charge in [0, 0.05) is 69.0 Å². The molecule has 2 amide bonds. The van der Waals surface area contributed by atoms with E-state index in [1.165, 1.54) is 0 Å². The Kier molecular flexibility index (Phi) is 10.3. The molecule has 0 spiro atoms. The van der Waals surface area contributed by atoms with Crippen LogP contribution in [0.2, 0.25) is 5.02 Å². The number of guanidine groups is 1. The molecule has 2 aliphatic heterocycles. The van der Waals surface area contributed by atoms with E-state index in [9.17, 15) is 9.59 Å². The molecule has 0 aliphatic carbocycles. The predicted molar refractivity (Wildman–Crippen MR) is 140 cm³/mol. The first-order valence-electron chi connectivity index (χ1n) is 10.9. The largest absolute Gasteiger partial charge is 0.368 e. The van der Waals surface area contributed by atoms with Gasteiger partial charge in [0.1, 0.15) is 0 Å². The Morgan fingerprint density at radius 1 is 1.09 bits per heavy atom. The van der Waals surface area contributed by atoms with Gasteiger partial charge in [-0.15, -0.1) is 24.0 Å². The van der Waals surface area contributed by atoms with Crippen LogP contribution >= 0.6 is 35.6 Å². The highest BCUT2D eigenvalue weighted by molar-refractivity contribution is 14.0. The van der Waals surface area contributed by atoms with E-state index in [2.05, 4.69) is 20.5 Å². The van der Waals surface area contributed by atoms with E-state index in [0.29, 0.717) is 25.6 Å². The van der Waals surface area contributed by atoms with Gasteiger partial charge in [-0.3, -0.25) is 14.6 Å². The minimum absolute atomic E-state index is 0. The van der Waals surface area contributed by atoms with Crippen LogP contribution in [0.15, 0.2) is 29.3 Å². The summed E-state index contributed by atoms with van der Waals surface area (Å²) >= 11 is 5.96. The van der Waals surface area contributed by atoms with Gasteiger partial charge in [-0.25, -0.2) is 0 Å². The highest BCUT2D eigenvalue weighted by atomic mass is 127. The zero-order valence-corrected chi connectivity index (χ0v) is 22.1. The molecule has 0 radical (unpaired) electrons. The van der Waals surface area contributed by atoms with Crippen LogP contribution in [0.3, 0.4) is 0 Å². The van der Waals surface area contributed by atoms with Crippen LogP contribution in [0.1, 0.15) is 20.3 Å². The topological polar surface area (TPSA) is 80.3 Å². The summed E-state index contributed by atoms with van der Waals surface area (Å²) in [4.78, 5) is 35.1. The maximum Gasteiger partial charge on any atom is 0.242 e. The lowest BCUT2D eigenvalue weighted by Gasteiger charge is -2.36. The smallest absolute Gasteiger partial charge is 0.242 e. The molecule has 2 aliphatic rings. The number of halogens is 2. The van der Waals surface area contributed by atoms with Gasteiger partial charge in [-0.1, -0.05) is 25.4 Å². The summed E-state index contributed by atoms with van der Waals surface area (Å²) in [5, 5.41) is 7.19. The molecule has 2 N–H and O–H groups in total. The second-order valence-electron chi connectivity index (χ2n) is 8.34. The number of likely N-dealkylation sites (tertiary alicyclic amines) is 1. The molecule has 178 valence electrons. The van der Waals surface area contributed by atoms with Gasteiger partial charge in [0.05, 0.1) is 6.54 Å². The third-order valence-electron chi connectivity index (χ3n) is 5.79. The van der Waals surface area contributed by atoms with Crippen LogP contribution in [0.25, 0.3) is 0 Å². The first kappa shape index (κ1) is 26.5. The Balaban J connectivity index is 0.00000363. The van der Waals surface area contributed by atoms with Crippen molar-refractivity contribution >= 4 is 59.0 Å². The fourth-order valence-electron chi connectivity index (χ4n) is 3.97. The lowest BCUT2D eigenvalue weighted by atomic mass is 10.2. The van der Waals surface area contributed by atoms with Crippen molar-refractivity contribution in [3.05, 3.63) is 29.3 Å². The number of amides is 2. The van der Waals surface area contributed by atoms with Gasteiger partial charge in [0.15, 0.2) is 5.96 Å². The summed E-state index contributed by atoms with van der Waals surface area (Å²) < 4.78 is 0. The van der Waals surface area contributed by atoms with Crippen molar-refractivity contribution in [2.75, 3.05) is 57.8 Å². The molecule has 0 saturated carbocycles. The predicted octanol–water partition coefficient (Wildman–Crippen LogP) is 2.03. The SMILES string of the molecule is CN=C(NCC(=O)N1CCN(c2ccc(Cl)cc2)CC1)NC1CCN(C(=O)C(C)C)C1.I. The van der Waals surface area contributed by atoms with Crippen LogP contribution in [-0.2, 0) is 9.59 Å². The van der Waals surface area contributed by atoms with E-state index < -0.39 is 0 Å². The number of hydrogen-bond acceptors (Lipinski definition) is 4. The van der Waals surface area contributed by atoms with Crippen molar-refractivity contribution in [2.24, 2.45) is 10.9 Å². The lowest BCUT2D eigenvalue weighted by molar-refractivity contribution is -0.133. The molecule has 1 aromatic carbocycles. The van der Waals surface area contributed by atoms with Crippen LogP contribution in [0.5, 0.6) is 0 Å². The Bertz CT molecular complexity index is 796. The van der Waals surface area contributed by atoms with Gasteiger partial charge < -0.3 is 25.3 Å². The van der Waals surface area contributed by atoms with E-state index >= 15 is 0 Å². The fraction of sp³-hybridized carbons (Fsp3) is 0.591. The van der Waals surface area contributed by atoms with Crippen molar-refractivity contribution in [3.8, 4) is 0 Å². The summed E-state index contributed by atoms with van der Waals surface area (Å²) in [6, 6.07) is 7.94. The van der Waals surface area contributed by atoms with E-state index in [0.717, 1.165) is 36.8 Å². The molecule has 1 aromatic rings. The summed E-state index contributed by atoms with van der Waals surface area (Å²) in [7, 11) is 1.69. The average Bonchev–Trinajstić information content (AvgIpc) is 3.24. The first-order valence-corrected chi connectivity index (χ1v) is 11.3. The molecule has 0 aromatic heterocycles. The third-order valence-corrected chi connectivity index (χ3v) is 6.04. The third kappa shape index (κ3) is 7.13. The van der Waals surface area contributed by atoms with Crippen LogP contribution in [0, 0.1) is 5.92 Å². The molecular formula is C22H34ClIN6O2. The van der Waals surface area contributed by atoms with E-state index in [1.54, 1.807) is 7.05 Å². The quantitative estimate of drug-likeness (QED) is 0.319. The van der Waals surface area contributed by atoms with Gasteiger partial charge >= 0.3 is 0 Å². The Hall–Kier alpha value is -1.75.